The van der Waals surface area contributed by atoms with Crippen molar-refractivity contribution in [1.82, 2.24) is 20.4 Å². The van der Waals surface area contributed by atoms with Gasteiger partial charge in [-0.3, -0.25) is 0 Å². The van der Waals surface area contributed by atoms with Crippen LogP contribution in [0.5, 0.6) is 0 Å². The quantitative estimate of drug-likeness (QED) is 0.515. The lowest BCUT2D eigenvalue weighted by Gasteiger charge is -2.03. The average molecular weight is 354 g/mol. The molecule has 0 aliphatic carbocycles. The Morgan fingerprint density at radius 3 is 1.21 bits per heavy atom. The van der Waals surface area contributed by atoms with E-state index >= 15 is 0 Å². The van der Waals surface area contributed by atoms with Crippen molar-refractivity contribution in [2.24, 2.45) is 0 Å². The summed E-state index contributed by atoms with van der Waals surface area (Å²) in [5.41, 5.74) is 3.86. The summed E-state index contributed by atoms with van der Waals surface area (Å²) >= 11 is 9.77. The Hall–Kier alpha value is -2.84. The second kappa shape index (κ2) is 5.99. The van der Waals surface area contributed by atoms with Gasteiger partial charge in [0.25, 0.3) is 9.67 Å². The lowest BCUT2D eigenvalue weighted by atomic mass is 10.0. The molecule has 0 radical (unpaired) electrons. The minimum absolute atomic E-state index is 0.260. The lowest BCUT2D eigenvalue weighted by molar-refractivity contribution is 0.551. The Kier molecular flexibility index (Phi) is 3.68. The second-order valence-electron chi connectivity index (χ2n) is 4.99. The zero-order valence-electron chi connectivity index (χ0n) is 12.1. The van der Waals surface area contributed by atoms with Crippen LogP contribution >= 0.6 is 24.4 Å². The molecule has 4 aromatic rings. The molecule has 0 aliphatic rings. The summed E-state index contributed by atoms with van der Waals surface area (Å²) in [4.78, 5) is 0.520. The third kappa shape index (κ3) is 2.84. The Balaban J connectivity index is 1.62. The summed E-state index contributed by atoms with van der Waals surface area (Å²) in [5, 5.41) is 13.2. The maximum absolute atomic E-state index is 5.30. The third-order valence-electron chi connectivity index (χ3n) is 3.47. The summed E-state index contributed by atoms with van der Waals surface area (Å²) in [5.74, 6) is 0.948. The molecule has 2 aromatic carbocycles. The minimum atomic E-state index is 0.260. The van der Waals surface area contributed by atoms with E-state index in [0.717, 1.165) is 22.3 Å². The largest absolute Gasteiger partial charge is 0.409 e. The molecule has 0 amide bonds. The minimum Gasteiger partial charge on any atom is -0.409 e. The molecule has 0 spiro atoms. The Morgan fingerprint density at radius 1 is 0.583 bits per heavy atom. The van der Waals surface area contributed by atoms with Crippen molar-refractivity contribution >= 4 is 24.4 Å². The molecule has 0 fully saturated rings. The molecule has 2 N–H and O–H groups in total. The van der Waals surface area contributed by atoms with Gasteiger partial charge in [-0.1, -0.05) is 24.3 Å². The maximum Gasteiger partial charge on any atom is 0.284 e. The first-order valence-electron chi connectivity index (χ1n) is 7.01. The van der Waals surface area contributed by atoms with Crippen LogP contribution < -0.4 is 0 Å². The van der Waals surface area contributed by atoms with Gasteiger partial charge in [0.1, 0.15) is 0 Å². The molecule has 0 unspecified atom stereocenters. The molecule has 4 rings (SSSR count). The van der Waals surface area contributed by atoms with Crippen LogP contribution in [0.2, 0.25) is 0 Å². The number of nitrogens with zero attached hydrogens (tertiary/aromatic N) is 2. The summed E-state index contributed by atoms with van der Waals surface area (Å²) in [6, 6.07) is 15.7. The van der Waals surface area contributed by atoms with Gasteiger partial charge in [0.2, 0.25) is 11.8 Å². The molecule has 0 atom stereocenters. The van der Waals surface area contributed by atoms with Crippen LogP contribution in [0.3, 0.4) is 0 Å². The number of hydrogen-bond acceptors (Lipinski definition) is 6. The van der Waals surface area contributed by atoms with Crippen molar-refractivity contribution in [1.29, 1.82) is 0 Å². The predicted molar refractivity (Wildman–Crippen MR) is 93.2 cm³/mol. The van der Waals surface area contributed by atoms with E-state index < -0.39 is 0 Å². The van der Waals surface area contributed by atoms with E-state index in [2.05, 4.69) is 20.4 Å². The summed E-state index contributed by atoms with van der Waals surface area (Å²) < 4.78 is 10.6. The number of nitrogens with one attached hydrogen (secondary N) is 2. The molecule has 118 valence electrons. The van der Waals surface area contributed by atoms with Crippen molar-refractivity contribution in [3.63, 3.8) is 0 Å². The molecule has 2 aromatic heterocycles. The van der Waals surface area contributed by atoms with E-state index in [0.29, 0.717) is 11.8 Å². The SMILES string of the molecule is S=c1[nH]nc(-c2ccc(-c3ccc(-c4n[nH]c(=S)o4)cc3)cc2)o1. The standard InChI is InChI=1S/C16H10N4O2S2/c23-15-19-17-13(21-15)11-5-1-9(2-6-11)10-3-7-12(8-4-10)14-18-20-16(24)22-14/h1-8H,(H,19,23)(H,20,24). The smallest absolute Gasteiger partial charge is 0.284 e. The van der Waals surface area contributed by atoms with Crippen molar-refractivity contribution in [3.05, 3.63) is 58.2 Å². The molecular weight excluding hydrogens is 344 g/mol. The first-order chi connectivity index (χ1) is 11.7. The average Bonchev–Trinajstić information content (AvgIpc) is 3.24. The fourth-order valence-electron chi connectivity index (χ4n) is 2.32. The second-order valence-corrected chi connectivity index (χ2v) is 5.73. The highest BCUT2D eigenvalue weighted by atomic mass is 32.1. The highest BCUT2D eigenvalue weighted by Crippen LogP contribution is 2.26. The first kappa shape index (κ1) is 14.7. The van der Waals surface area contributed by atoms with Crippen molar-refractivity contribution in [2.75, 3.05) is 0 Å². The van der Waals surface area contributed by atoms with Crippen LogP contribution in [-0.2, 0) is 0 Å². The van der Waals surface area contributed by atoms with Gasteiger partial charge in [-0.2, -0.15) is 0 Å². The number of H-pyrrole nitrogens is 2. The summed E-state index contributed by atoms with van der Waals surface area (Å²) in [6.45, 7) is 0. The molecule has 0 saturated heterocycles. The topological polar surface area (TPSA) is 83.6 Å². The Morgan fingerprint density at radius 2 is 0.917 bits per heavy atom. The summed E-state index contributed by atoms with van der Waals surface area (Å²) in [7, 11) is 0. The molecular formula is C16H10N4O2S2. The van der Waals surface area contributed by atoms with E-state index in [-0.39, 0.29) is 9.67 Å². The fourth-order valence-corrected chi connectivity index (χ4v) is 2.57. The van der Waals surface area contributed by atoms with Crippen LogP contribution in [0.4, 0.5) is 0 Å². The molecule has 8 heteroatoms. The molecule has 24 heavy (non-hydrogen) atoms. The van der Waals surface area contributed by atoms with E-state index in [1.54, 1.807) is 0 Å². The van der Waals surface area contributed by atoms with Crippen LogP contribution in [0.15, 0.2) is 57.4 Å². The zero-order valence-corrected chi connectivity index (χ0v) is 13.8. The van der Waals surface area contributed by atoms with Gasteiger partial charge in [-0.15, -0.1) is 10.2 Å². The van der Waals surface area contributed by atoms with Gasteiger partial charge in [0.05, 0.1) is 0 Å². The van der Waals surface area contributed by atoms with Crippen molar-refractivity contribution < 1.29 is 8.83 Å². The lowest BCUT2D eigenvalue weighted by Crippen LogP contribution is -1.82. The Labute approximate surface area is 146 Å². The number of aromatic nitrogens is 4. The molecule has 6 nitrogen and oxygen atoms in total. The molecule has 0 bridgehead atoms. The Bertz CT molecular complexity index is 999. The van der Waals surface area contributed by atoms with E-state index in [9.17, 15) is 0 Å². The highest BCUT2D eigenvalue weighted by Gasteiger charge is 2.07. The van der Waals surface area contributed by atoms with Gasteiger partial charge < -0.3 is 8.83 Å². The predicted octanol–water partition coefficient (Wildman–Crippen LogP) is 4.78. The number of rotatable bonds is 3. The fraction of sp³-hybridized carbons (Fsp3) is 0. The monoisotopic (exact) mass is 354 g/mol. The van der Waals surface area contributed by atoms with Crippen LogP contribution in [0.25, 0.3) is 34.0 Å². The van der Waals surface area contributed by atoms with Gasteiger partial charge in [0, 0.05) is 11.1 Å². The maximum atomic E-state index is 5.30. The zero-order chi connectivity index (χ0) is 16.5. The molecule has 0 saturated carbocycles. The summed E-state index contributed by atoms with van der Waals surface area (Å²) in [6.07, 6.45) is 0. The van der Waals surface area contributed by atoms with E-state index in [1.165, 1.54) is 0 Å². The van der Waals surface area contributed by atoms with Crippen molar-refractivity contribution in [2.45, 2.75) is 0 Å². The number of aromatic amines is 2. The van der Waals surface area contributed by atoms with Crippen LogP contribution in [0.1, 0.15) is 0 Å². The first-order valence-corrected chi connectivity index (χ1v) is 7.83. The van der Waals surface area contributed by atoms with Crippen LogP contribution in [-0.4, -0.2) is 20.4 Å². The van der Waals surface area contributed by atoms with Gasteiger partial charge in [0.15, 0.2) is 0 Å². The number of hydrogen-bond donors (Lipinski definition) is 2. The molecule has 2 heterocycles. The van der Waals surface area contributed by atoms with Gasteiger partial charge >= 0.3 is 0 Å². The van der Waals surface area contributed by atoms with E-state index in [1.807, 2.05) is 48.5 Å². The van der Waals surface area contributed by atoms with Crippen molar-refractivity contribution in [3.8, 4) is 34.0 Å². The normalized spacial score (nSPS) is 10.8. The number of benzene rings is 2. The van der Waals surface area contributed by atoms with Crippen LogP contribution in [0, 0.1) is 9.67 Å². The van der Waals surface area contributed by atoms with Gasteiger partial charge in [-0.25, -0.2) is 10.2 Å². The highest BCUT2D eigenvalue weighted by molar-refractivity contribution is 7.71. The molecule has 0 aliphatic heterocycles. The van der Waals surface area contributed by atoms with E-state index in [4.69, 9.17) is 33.3 Å². The third-order valence-corrected chi connectivity index (χ3v) is 3.82. The van der Waals surface area contributed by atoms with Gasteiger partial charge in [-0.05, 0) is 59.8 Å².